The second-order valence-corrected chi connectivity index (χ2v) is 8.15. The Morgan fingerprint density at radius 1 is 1.18 bits per heavy atom. The molecule has 33 heavy (non-hydrogen) atoms. The number of para-hydroxylation sites is 1. The molecule has 0 saturated carbocycles. The minimum absolute atomic E-state index is 0.0151. The Labute approximate surface area is 191 Å². The van der Waals surface area contributed by atoms with Gasteiger partial charge in [0.2, 0.25) is 5.91 Å². The number of rotatable bonds is 8. The van der Waals surface area contributed by atoms with Crippen molar-refractivity contribution in [3.8, 4) is 5.75 Å². The molecule has 1 saturated heterocycles. The summed E-state index contributed by atoms with van der Waals surface area (Å²) in [7, 11) is 1.49. The largest absolute Gasteiger partial charge is 0.484 e. The van der Waals surface area contributed by atoms with Crippen LogP contribution in [0.5, 0.6) is 5.75 Å². The van der Waals surface area contributed by atoms with E-state index in [0.29, 0.717) is 44.6 Å². The summed E-state index contributed by atoms with van der Waals surface area (Å²) in [6.45, 7) is 3.12. The third-order valence-corrected chi connectivity index (χ3v) is 5.92. The highest BCUT2D eigenvalue weighted by atomic mass is 16.5. The number of piperidine rings is 1. The predicted molar refractivity (Wildman–Crippen MR) is 125 cm³/mol. The van der Waals surface area contributed by atoms with Crippen LogP contribution in [-0.2, 0) is 16.1 Å². The van der Waals surface area contributed by atoms with Gasteiger partial charge >= 0.3 is 5.69 Å². The van der Waals surface area contributed by atoms with Crippen molar-refractivity contribution in [3.63, 3.8) is 0 Å². The van der Waals surface area contributed by atoms with Crippen LogP contribution in [0.3, 0.4) is 0 Å². The van der Waals surface area contributed by atoms with Gasteiger partial charge in [-0.3, -0.25) is 23.9 Å². The van der Waals surface area contributed by atoms with Crippen LogP contribution in [0.1, 0.15) is 32.6 Å². The predicted octanol–water partition coefficient (Wildman–Crippen LogP) is 1.20. The first kappa shape index (κ1) is 24.1. The Bertz CT molecular complexity index is 1090. The first-order valence-corrected chi connectivity index (χ1v) is 11.2. The van der Waals surface area contributed by atoms with Crippen molar-refractivity contribution >= 4 is 23.3 Å². The fourth-order valence-corrected chi connectivity index (χ4v) is 3.95. The number of hydrogen-bond donors (Lipinski definition) is 2. The molecule has 1 aromatic heterocycles. The zero-order valence-corrected chi connectivity index (χ0v) is 19.1. The molecule has 10 heteroatoms. The molecule has 3 N–H and O–H groups in total. The van der Waals surface area contributed by atoms with Gasteiger partial charge in [0.15, 0.2) is 12.3 Å². The van der Waals surface area contributed by atoms with Gasteiger partial charge in [-0.2, -0.15) is 0 Å². The molecule has 2 aromatic rings. The number of amides is 2. The third kappa shape index (κ3) is 5.63. The van der Waals surface area contributed by atoms with Gasteiger partial charge in [0, 0.05) is 32.6 Å². The first-order valence-electron chi connectivity index (χ1n) is 11.2. The Hall–Kier alpha value is -3.56. The number of aromatic amines is 1. The van der Waals surface area contributed by atoms with Gasteiger partial charge in [0.1, 0.15) is 11.6 Å². The van der Waals surface area contributed by atoms with Crippen LogP contribution in [0.25, 0.3) is 0 Å². The number of likely N-dealkylation sites (tertiary alicyclic amines) is 1. The van der Waals surface area contributed by atoms with Crippen LogP contribution in [0, 0.1) is 5.92 Å². The van der Waals surface area contributed by atoms with E-state index >= 15 is 0 Å². The van der Waals surface area contributed by atoms with Crippen LogP contribution in [-0.4, -0.2) is 53.0 Å². The van der Waals surface area contributed by atoms with Crippen molar-refractivity contribution in [2.45, 2.75) is 39.2 Å². The van der Waals surface area contributed by atoms with E-state index < -0.39 is 11.2 Å². The molecule has 1 fully saturated rings. The van der Waals surface area contributed by atoms with Crippen LogP contribution < -0.4 is 26.6 Å². The molecule has 0 atom stereocenters. The van der Waals surface area contributed by atoms with Gasteiger partial charge in [-0.25, -0.2) is 4.79 Å². The zero-order chi connectivity index (χ0) is 24.0. The summed E-state index contributed by atoms with van der Waals surface area (Å²) in [6.07, 6.45) is 2.50. The minimum atomic E-state index is -0.688. The fraction of sp³-hybridized carbons (Fsp3) is 0.478. The van der Waals surface area contributed by atoms with Crippen molar-refractivity contribution < 1.29 is 14.3 Å². The molecular formula is C23H31N5O5. The first-order chi connectivity index (χ1) is 15.8. The monoisotopic (exact) mass is 457 g/mol. The molecule has 10 nitrogen and oxygen atoms in total. The molecule has 0 aliphatic carbocycles. The van der Waals surface area contributed by atoms with Crippen molar-refractivity contribution in [2.24, 2.45) is 5.92 Å². The molecule has 0 radical (unpaired) electrons. The standard InChI is InChI=1S/C23H31N5O5/c1-3-4-12-28-20(24)19(21(30)25-23(28)32)26(2)22(31)16-10-13-27(14-11-16)18(29)15-33-17-8-6-5-7-9-17/h5-9,16H,3-4,10-15,24H2,1-2H3,(H,25,30,32). The van der Waals surface area contributed by atoms with E-state index in [2.05, 4.69) is 4.98 Å². The molecule has 0 unspecified atom stereocenters. The summed E-state index contributed by atoms with van der Waals surface area (Å²) >= 11 is 0. The van der Waals surface area contributed by atoms with E-state index in [9.17, 15) is 19.2 Å². The maximum atomic E-state index is 13.1. The summed E-state index contributed by atoms with van der Waals surface area (Å²) in [6, 6.07) is 9.11. The summed E-state index contributed by atoms with van der Waals surface area (Å²) in [4.78, 5) is 55.3. The van der Waals surface area contributed by atoms with Crippen molar-refractivity contribution in [1.29, 1.82) is 0 Å². The number of carbonyl (C=O) groups is 2. The normalized spacial score (nSPS) is 14.2. The number of nitrogens with two attached hydrogens (primary N) is 1. The van der Waals surface area contributed by atoms with Crippen LogP contribution in [0.2, 0.25) is 0 Å². The number of unbranched alkanes of at least 4 members (excludes halogenated alkanes) is 1. The molecule has 2 heterocycles. The smallest absolute Gasteiger partial charge is 0.330 e. The highest BCUT2D eigenvalue weighted by Gasteiger charge is 2.31. The van der Waals surface area contributed by atoms with Gasteiger partial charge in [0.05, 0.1) is 0 Å². The Balaban J connectivity index is 1.62. The molecule has 1 aliphatic heterocycles. The summed E-state index contributed by atoms with van der Waals surface area (Å²) in [5, 5.41) is 0. The average Bonchev–Trinajstić information content (AvgIpc) is 2.82. The van der Waals surface area contributed by atoms with E-state index in [1.807, 2.05) is 25.1 Å². The van der Waals surface area contributed by atoms with Crippen molar-refractivity contribution in [1.82, 2.24) is 14.5 Å². The van der Waals surface area contributed by atoms with Crippen LogP contribution in [0.15, 0.2) is 39.9 Å². The number of anilines is 2. The zero-order valence-electron chi connectivity index (χ0n) is 19.1. The highest BCUT2D eigenvalue weighted by molar-refractivity contribution is 5.96. The van der Waals surface area contributed by atoms with Gasteiger partial charge in [-0.15, -0.1) is 0 Å². The Kier molecular flexibility index (Phi) is 7.92. The van der Waals surface area contributed by atoms with E-state index in [4.69, 9.17) is 10.5 Å². The number of aromatic nitrogens is 2. The molecule has 1 aromatic carbocycles. The molecule has 0 spiro atoms. The maximum Gasteiger partial charge on any atom is 0.330 e. The third-order valence-electron chi connectivity index (χ3n) is 5.92. The number of nitrogens with one attached hydrogen (secondary N) is 1. The fourth-order valence-electron chi connectivity index (χ4n) is 3.95. The van der Waals surface area contributed by atoms with E-state index in [-0.39, 0.29) is 35.8 Å². The quantitative estimate of drug-likeness (QED) is 0.612. The number of benzene rings is 1. The van der Waals surface area contributed by atoms with Crippen LogP contribution in [0.4, 0.5) is 11.5 Å². The van der Waals surface area contributed by atoms with E-state index in [1.54, 1.807) is 17.0 Å². The summed E-state index contributed by atoms with van der Waals surface area (Å²) < 4.78 is 6.81. The van der Waals surface area contributed by atoms with E-state index in [1.165, 1.54) is 16.5 Å². The number of H-pyrrole nitrogens is 1. The van der Waals surface area contributed by atoms with Crippen molar-refractivity contribution in [2.75, 3.05) is 37.4 Å². The average molecular weight is 458 g/mol. The van der Waals surface area contributed by atoms with Crippen molar-refractivity contribution in [3.05, 3.63) is 51.2 Å². The molecular weight excluding hydrogens is 426 g/mol. The lowest BCUT2D eigenvalue weighted by atomic mass is 9.95. The molecule has 0 bridgehead atoms. The van der Waals surface area contributed by atoms with Gasteiger partial charge in [-0.05, 0) is 31.4 Å². The SMILES string of the molecule is CCCCn1c(N)c(N(C)C(=O)C2CCN(C(=O)COc3ccccc3)CC2)c(=O)[nH]c1=O. The molecule has 3 rings (SSSR count). The lowest BCUT2D eigenvalue weighted by molar-refractivity contribution is -0.136. The van der Waals surface area contributed by atoms with Crippen LogP contribution >= 0.6 is 0 Å². The second kappa shape index (κ2) is 10.8. The van der Waals surface area contributed by atoms with Gasteiger partial charge in [-0.1, -0.05) is 31.5 Å². The number of carbonyl (C=O) groups excluding carboxylic acids is 2. The highest BCUT2D eigenvalue weighted by Crippen LogP contribution is 2.24. The minimum Gasteiger partial charge on any atom is -0.484 e. The molecule has 1 aliphatic rings. The maximum absolute atomic E-state index is 13.1. The number of hydrogen-bond acceptors (Lipinski definition) is 6. The van der Waals surface area contributed by atoms with Gasteiger partial charge in [0.25, 0.3) is 11.5 Å². The Morgan fingerprint density at radius 3 is 2.48 bits per heavy atom. The van der Waals surface area contributed by atoms with E-state index in [0.717, 1.165) is 6.42 Å². The number of nitrogens with zero attached hydrogens (tertiary/aromatic N) is 3. The Morgan fingerprint density at radius 2 is 1.85 bits per heavy atom. The number of nitrogen functional groups attached to an aromatic ring is 1. The summed E-state index contributed by atoms with van der Waals surface area (Å²) in [5.41, 5.74) is 4.83. The summed E-state index contributed by atoms with van der Waals surface area (Å²) in [5.74, 6) is -0.148. The topological polar surface area (TPSA) is 131 Å². The second-order valence-electron chi connectivity index (χ2n) is 8.15. The molecule has 2 amide bonds. The molecule has 178 valence electrons. The van der Waals surface area contributed by atoms with Gasteiger partial charge < -0.3 is 20.3 Å². The lowest BCUT2D eigenvalue weighted by Gasteiger charge is -2.33. The number of ether oxygens (including phenoxy) is 1. The lowest BCUT2D eigenvalue weighted by Crippen LogP contribution is -2.46.